The molecule has 8 nitrogen and oxygen atoms in total. The maximum absolute atomic E-state index is 5.01. The van der Waals surface area contributed by atoms with Crippen LogP contribution in [0.2, 0.25) is 0 Å². The second-order valence-corrected chi connectivity index (χ2v) is 7.72. The number of likely N-dealkylation sites (N-methyl/N-ethyl adjacent to an activating group) is 1. The molecule has 148 valence electrons. The lowest BCUT2D eigenvalue weighted by Crippen LogP contribution is -2.45. The first-order valence-electron chi connectivity index (χ1n) is 9.83. The summed E-state index contributed by atoms with van der Waals surface area (Å²) in [6.07, 6.45) is 5.61. The molecule has 0 spiro atoms. The first-order chi connectivity index (χ1) is 14.1. The Morgan fingerprint density at radius 1 is 1.00 bits per heavy atom. The van der Waals surface area contributed by atoms with Gasteiger partial charge >= 0.3 is 0 Å². The zero-order valence-electron chi connectivity index (χ0n) is 16.9. The van der Waals surface area contributed by atoms with Crippen LogP contribution in [-0.2, 0) is 7.05 Å². The molecule has 0 radical (unpaired) electrons. The Hall–Kier alpha value is -3.26. The maximum Gasteiger partial charge on any atom is 0.132 e. The van der Waals surface area contributed by atoms with Gasteiger partial charge in [0.1, 0.15) is 11.5 Å². The summed E-state index contributed by atoms with van der Waals surface area (Å²) < 4.78 is 1.78. The molecule has 29 heavy (non-hydrogen) atoms. The minimum absolute atomic E-state index is 0.850. The van der Waals surface area contributed by atoms with Crippen LogP contribution in [0.1, 0.15) is 5.56 Å². The van der Waals surface area contributed by atoms with Crippen LogP contribution in [0.25, 0.3) is 33.5 Å². The molecule has 0 saturated carbocycles. The summed E-state index contributed by atoms with van der Waals surface area (Å²) in [5.41, 5.74) is 5.67. The number of fused-ring (bicyclic) bond motifs is 1. The highest BCUT2D eigenvalue weighted by atomic mass is 15.3. The number of aryl methyl sites for hydroxylation is 2. The number of hydrogen-bond donors (Lipinski definition) is 1. The zero-order chi connectivity index (χ0) is 20.0. The van der Waals surface area contributed by atoms with E-state index in [1.54, 1.807) is 4.68 Å². The molecular formula is C21H24N8. The average Bonchev–Trinajstić information content (AvgIpc) is 3.35. The van der Waals surface area contributed by atoms with E-state index in [1.165, 1.54) is 5.56 Å². The summed E-state index contributed by atoms with van der Waals surface area (Å²) in [7, 11) is 4.07. The van der Waals surface area contributed by atoms with Crippen molar-refractivity contribution in [2.24, 2.45) is 7.05 Å². The standard InChI is InChI=1S/C21H24N8/c1-14-4-5-17(24-21(14)29-8-6-27(2)7-9-29)20-16-10-18(15-11-23-28(3)13-15)22-12-19(16)25-26-20/h4-5,10-13H,6-9H2,1-3H3,(H,25,26). The molecule has 0 unspecified atom stereocenters. The largest absolute Gasteiger partial charge is 0.354 e. The smallest absolute Gasteiger partial charge is 0.132 e. The number of nitrogens with one attached hydrogen (secondary N) is 1. The van der Waals surface area contributed by atoms with Crippen molar-refractivity contribution in [1.29, 1.82) is 0 Å². The summed E-state index contributed by atoms with van der Waals surface area (Å²) in [5, 5.41) is 12.9. The number of anilines is 1. The van der Waals surface area contributed by atoms with Crippen LogP contribution < -0.4 is 4.90 Å². The number of aromatic amines is 1. The van der Waals surface area contributed by atoms with Gasteiger partial charge in [-0.2, -0.15) is 10.2 Å². The fourth-order valence-corrected chi connectivity index (χ4v) is 3.81. The van der Waals surface area contributed by atoms with Crippen molar-refractivity contribution in [1.82, 2.24) is 34.8 Å². The molecule has 5 heterocycles. The molecule has 0 aliphatic carbocycles. The second-order valence-electron chi connectivity index (χ2n) is 7.72. The molecule has 1 N–H and O–H groups in total. The van der Waals surface area contributed by atoms with E-state index in [1.807, 2.05) is 25.6 Å². The van der Waals surface area contributed by atoms with Crippen molar-refractivity contribution in [3.8, 4) is 22.6 Å². The Morgan fingerprint density at radius 2 is 1.83 bits per heavy atom. The summed E-state index contributed by atoms with van der Waals surface area (Å²) in [4.78, 5) is 14.3. The predicted molar refractivity (Wildman–Crippen MR) is 114 cm³/mol. The third-order valence-corrected chi connectivity index (χ3v) is 5.56. The molecule has 0 amide bonds. The number of pyridine rings is 2. The van der Waals surface area contributed by atoms with Gasteiger partial charge in [0.05, 0.1) is 29.3 Å². The minimum Gasteiger partial charge on any atom is -0.354 e. The third kappa shape index (κ3) is 3.25. The summed E-state index contributed by atoms with van der Waals surface area (Å²) in [6, 6.07) is 6.25. The van der Waals surface area contributed by atoms with E-state index in [4.69, 9.17) is 4.98 Å². The molecule has 0 atom stereocenters. The molecular weight excluding hydrogens is 364 g/mol. The quantitative estimate of drug-likeness (QED) is 0.581. The Morgan fingerprint density at radius 3 is 2.59 bits per heavy atom. The van der Waals surface area contributed by atoms with Crippen LogP contribution >= 0.6 is 0 Å². The SMILES string of the molecule is Cc1ccc(-c2n[nH]c3cnc(-c4cnn(C)c4)cc23)nc1N1CCN(C)CC1. The summed E-state index contributed by atoms with van der Waals surface area (Å²) in [6.45, 7) is 6.21. The van der Waals surface area contributed by atoms with Gasteiger partial charge in [-0.1, -0.05) is 6.07 Å². The summed E-state index contributed by atoms with van der Waals surface area (Å²) >= 11 is 0. The van der Waals surface area contributed by atoms with E-state index in [0.717, 1.165) is 65.5 Å². The van der Waals surface area contributed by atoms with Crippen LogP contribution in [0.3, 0.4) is 0 Å². The lowest BCUT2D eigenvalue weighted by atomic mass is 10.1. The van der Waals surface area contributed by atoms with E-state index in [2.05, 4.69) is 62.3 Å². The monoisotopic (exact) mass is 388 g/mol. The van der Waals surface area contributed by atoms with Crippen LogP contribution in [0.5, 0.6) is 0 Å². The fraction of sp³-hybridized carbons (Fsp3) is 0.333. The van der Waals surface area contributed by atoms with Crippen LogP contribution in [0, 0.1) is 6.92 Å². The van der Waals surface area contributed by atoms with Gasteiger partial charge in [0.2, 0.25) is 0 Å². The van der Waals surface area contributed by atoms with Crippen molar-refractivity contribution >= 4 is 16.7 Å². The topological polar surface area (TPSA) is 78.8 Å². The highest BCUT2D eigenvalue weighted by Crippen LogP contribution is 2.30. The van der Waals surface area contributed by atoms with Crippen molar-refractivity contribution < 1.29 is 0 Å². The van der Waals surface area contributed by atoms with Gasteiger partial charge in [-0.25, -0.2) is 4.98 Å². The number of piperazine rings is 1. The Balaban J connectivity index is 1.56. The van der Waals surface area contributed by atoms with Crippen molar-refractivity contribution in [2.45, 2.75) is 6.92 Å². The minimum atomic E-state index is 0.850. The normalized spacial score (nSPS) is 15.3. The molecule has 4 aromatic rings. The van der Waals surface area contributed by atoms with Gasteiger partial charge in [0.25, 0.3) is 0 Å². The number of hydrogen-bond acceptors (Lipinski definition) is 6. The summed E-state index contributed by atoms with van der Waals surface area (Å²) in [5.74, 6) is 1.05. The van der Waals surface area contributed by atoms with Crippen molar-refractivity contribution in [3.63, 3.8) is 0 Å². The number of rotatable bonds is 3. The third-order valence-electron chi connectivity index (χ3n) is 5.56. The second kappa shape index (κ2) is 6.97. The fourth-order valence-electron chi connectivity index (χ4n) is 3.81. The molecule has 8 heteroatoms. The molecule has 0 bridgehead atoms. The van der Waals surface area contributed by atoms with Gasteiger partial charge < -0.3 is 9.80 Å². The predicted octanol–water partition coefficient (Wildman–Crippen LogP) is 2.48. The van der Waals surface area contributed by atoms with Crippen LogP contribution in [0.15, 0.2) is 36.8 Å². The molecule has 1 fully saturated rings. The number of nitrogens with zero attached hydrogens (tertiary/aromatic N) is 7. The van der Waals surface area contributed by atoms with E-state index >= 15 is 0 Å². The molecule has 5 rings (SSSR count). The zero-order valence-corrected chi connectivity index (χ0v) is 16.9. The Labute approximate surface area is 169 Å². The first kappa shape index (κ1) is 17.8. The van der Waals surface area contributed by atoms with Crippen molar-refractivity contribution in [3.05, 3.63) is 42.4 Å². The van der Waals surface area contributed by atoms with Gasteiger partial charge in [0.15, 0.2) is 0 Å². The van der Waals surface area contributed by atoms with Crippen LogP contribution in [-0.4, -0.2) is 68.1 Å². The number of aromatic nitrogens is 6. The Kier molecular flexibility index (Phi) is 4.28. The molecule has 4 aromatic heterocycles. The molecule has 0 aromatic carbocycles. The highest BCUT2D eigenvalue weighted by molar-refractivity contribution is 5.93. The van der Waals surface area contributed by atoms with Crippen LogP contribution in [0.4, 0.5) is 5.82 Å². The van der Waals surface area contributed by atoms with Gasteiger partial charge in [-0.15, -0.1) is 0 Å². The van der Waals surface area contributed by atoms with E-state index in [9.17, 15) is 0 Å². The molecule has 1 aliphatic heterocycles. The van der Waals surface area contributed by atoms with Crippen molar-refractivity contribution in [2.75, 3.05) is 38.1 Å². The molecule has 1 aliphatic rings. The van der Waals surface area contributed by atoms with Gasteiger partial charge in [-0.05, 0) is 31.7 Å². The highest BCUT2D eigenvalue weighted by Gasteiger charge is 2.19. The van der Waals surface area contributed by atoms with E-state index in [0.29, 0.717) is 0 Å². The molecule has 1 saturated heterocycles. The first-order valence-corrected chi connectivity index (χ1v) is 9.83. The van der Waals surface area contributed by atoms with Gasteiger partial charge in [-0.3, -0.25) is 14.8 Å². The Bertz CT molecular complexity index is 1170. The van der Waals surface area contributed by atoms with E-state index < -0.39 is 0 Å². The maximum atomic E-state index is 5.01. The lowest BCUT2D eigenvalue weighted by Gasteiger charge is -2.34. The van der Waals surface area contributed by atoms with E-state index in [-0.39, 0.29) is 0 Å². The lowest BCUT2D eigenvalue weighted by molar-refractivity contribution is 0.312. The van der Waals surface area contributed by atoms with Gasteiger partial charge in [0, 0.05) is 50.4 Å². The number of H-pyrrole nitrogens is 1. The average molecular weight is 388 g/mol.